The van der Waals surface area contributed by atoms with Crippen molar-refractivity contribution in [1.29, 1.82) is 0 Å². The Morgan fingerprint density at radius 1 is 1.15 bits per heavy atom. The summed E-state index contributed by atoms with van der Waals surface area (Å²) < 4.78 is 9.88. The Kier molecular flexibility index (Phi) is 1.98. The minimum atomic E-state index is -0.508. The average Bonchev–Trinajstić information content (AvgIpc) is 2.15. The number of ether oxygens (including phenoxy) is 2. The summed E-state index contributed by atoms with van der Waals surface area (Å²) in [5, 5.41) is 0. The maximum absolute atomic E-state index is 11.5. The number of hydrogen-bond donors (Lipinski definition) is 0. The fourth-order valence-electron chi connectivity index (χ4n) is 1.89. The Balaban J connectivity index is 2.10. The van der Waals surface area contributed by atoms with Crippen LogP contribution in [0.1, 0.15) is 25.7 Å². The van der Waals surface area contributed by atoms with Crippen LogP contribution in [0.3, 0.4) is 0 Å². The van der Waals surface area contributed by atoms with Crippen molar-refractivity contribution in [3.05, 3.63) is 0 Å². The average molecular weight is 184 g/mol. The molecule has 1 spiro atoms. The highest BCUT2D eigenvalue weighted by Crippen LogP contribution is 2.37. The summed E-state index contributed by atoms with van der Waals surface area (Å²) in [6.07, 6.45) is 2.60. The van der Waals surface area contributed by atoms with Crippen molar-refractivity contribution >= 4 is 11.9 Å². The third-order valence-electron chi connectivity index (χ3n) is 2.78. The molecule has 4 heteroatoms. The number of rotatable bonds is 0. The first-order valence-electron chi connectivity index (χ1n) is 4.56. The Bertz CT molecular complexity index is 236. The lowest BCUT2D eigenvalue weighted by Gasteiger charge is -2.36. The van der Waals surface area contributed by atoms with Gasteiger partial charge in [0.25, 0.3) is 0 Å². The zero-order valence-corrected chi connectivity index (χ0v) is 7.38. The second kappa shape index (κ2) is 3.01. The van der Waals surface area contributed by atoms with Crippen molar-refractivity contribution in [2.75, 3.05) is 13.2 Å². The van der Waals surface area contributed by atoms with Crippen LogP contribution in [0.2, 0.25) is 0 Å². The van der Waals surface area contributed by atoms with Crippen LogP contribution >= 0.6 is 0 Å². The first-order chi connectivity index (χ1) is 6.23. The molecule has 2 aliphatic rings. The Labute approximate surface area is 76.2 Å². The van der Waals surface area contributed by atoms with Gasteiger partial charge in [-0.1, -0.05) is 0 Å². The monoisotopic (exact) mass is 184 g/mol. The van der Waals surface area contributed by atoms with Crippen molar-refractivity contribution in [3.63, 3.8) is 0 Å². The van der Waals surface area contributed by atoms with Gasteiger partial charge in [0.1, 0.15) is 12.0 Å². The molecule has 13 heavy (non-hydrogen) atoms. The molecule has 2 rings (SSSR count). The summed E-state index contributed by atoms with van der Waals surface area (Å²) >= 11 is 0. The van der Waals surface area contributed by atoms with Crippen LogP contribution in [0.4, 0.5) is 0 Å². The minimum absolute atomic E-state index is 0.189. The predicted molar refractivity (Wildman–Crippen MR) is 42.8 cm³/mol. The maximum atomic E-state index is 11.5. The fraction of sp³-hybridized carbons (Fsp3) is 0.778. The SMILES string of the molecule is O=C1CCC2(CCCOC2=O)CO1. The molecule has 1 atom stereocenters. The second-order valence-corrected chi connectivity index (χ2v) is 3.68. The van der Waals surface area contributed by atoms with E-state index in [9.17, 15) is 9.59 Å². The summed E-state index contributed by atoms with van der Waals surface area (Å²) in [5.41, 5.74) is -0.508. The molecule has 4 nitrogen and oxygen atoms in total. The van der Waals surface area contributed by atoms with Crippen LogP contribution in [0.25, 0.3) is 0 Å². The van der Waals surface area contributed by atoms with Crippen LogP contribution in [-0.2, 0) is 19.1 Å². The summed E-state index contributed by atoms with van der Waals surface area (Å²) in [5.74, 6) is -0.393. The van der Waals surface area contributed by atoms with E-state index in [0.717, 1.165) is 12.8 Å². The lowest BCUT2D eigenvalue weighted by atomic mass is 9.77. The second-order valence-electron chi connectivity index (χ2n) is 3.68. The molecule has 72 valence electrons. The molecule has 0 aliphatic carbocycles. The Hall–Kier alpha value is -1.06. The molecule has 2 saturated heterocycles. The number of carbonyl (C=O) groups is 2. The molecule has 1 unspecified atom stereocenters. The van der Waals surface area contributed by atoms with E-state index in [1.807, 2.05) is 0 Å². The van der Waals surface area contributed by atoms with Crippen molar-refractivity contribution in [2.24, 2.45) is 5.41 Å². The minimum Gasteiger partial charge on any atom is -0.465 e. The molecule has 0 bridgehead atoms. The molecule has 2 fully saturated rings. The van der Waals surface area contributed by atoms with Crippen LogP contribution in [0, 0.1) is 5.41 Å². The molecular weight excluding hydrogens is 172 g/mol. The van der Waals surface area contributed by atoms with E-state index in [0.29, 0.717) is 19.4 Å². The smallest absolute Gasteiger partial charge is 0.315 e. The van der Waals surface area contributed by atoms with Gasteiger partial charge in [-0.2, -0.15) is 0 Å². The van der Waals surface area contributed by atoms with Crippen LogP contribution in [0.15, 0.2) is 0 Å². The van der Waals surface area contributed by atoms with E-state index in [1.165, 1.54) is 0 Å². The van der Waals surface area contributed by atoms with E-state index in [-0.39, 0.29) is 18.5 Å². The van der Waals surface area contributed by atoms with Crippen molar-refractivity contribution in [2.45, 2.75) is 25.7 Å². The molecule has 0 aromatic heterocycles. The normalized spacial score (nSPS) is 34.2. The molecule has 0 aromatic carbocycles. The Morgan fingerprint density at radius 2 is 2.00 bits per heavy atom. The molecule has 0 amide bonds. The molecular formula is C9H12O4. The van der Waals surface area contributed by atoms with Crippen molar-refractivity contribution in [3.8, 4) is 0 Å². The van der Waals surface area contributed by atoms with Gasteiger partial charge in [0.15, 0.2) is 0 Å². The summed E-state index contributed by atoms with van der Waals surface area (Å²) in [7, 11) is 0. The number of cyclic esters (lactones) is 2. The molecule has 0 N–H and O–H groups in total. The first kappa shape index (κ1) is 8.53. The van der Waals surface area contributed by atoms with Gasteiger partial charge in [-0.3, -0.25) is 9.59 Å². The number of hydrogen-bond acceptors (Lipinski definition) is 4. The van der Waals surface area contributed by atoms with Gasteiger partial charge >= 0.3 is 11.9 Å². The molecule has 2 heterocycles. The van der Waals surface area contributed by atoms with E-state index in [2.05, 4.69) is 0 Å². The van der Waals surface area contributed by atoms with Crippen molar-refractivity contribution < 1.29 is 19.1 Å². The zero-order chi connectivity index (χ0) is 9.31. The zero-order valence-electron chi connectivity index (χ0n) is 7.38. The molecule has 0 saturated carbocycles. The predicted octanol–water partition coefficient (Wildman–Crippen LogP) is 0.647. The van der Waals surface area contributed by atoms with Gasteiger partial charge in [0.05, 0.1) is 6.61 Å². The lowest BCUT2D eigenvalue weighted by Crippen LogP contribution is -2.44. The van der Waals surface area contributed by atoms with Crippen LogP contribution in [-0.4, -0.2) is 25.2 Å². The van der Waals surface area contributed by atoms with Gasteiger partial charge < -0.3 is 9.47 Å². The van der Waals surface area contributed by atoms with Gasteiger partial charge in [-0.05, 0) is 19.3 Å². The van der Waals surface area contributed by atoms with Crippen molar-refractivity contribution in [1.82, 2.24) is 0 Å². The highest BCUT2D eigenvalue weighted by molar-refractivity contribution is 5.81. The Morgan fingerprint density at radius 3 is 2.62 bits per heavy atom. The standard InChI is InChI=1S/C9H12O4/c10-7-2-4-9(6-13-7)3-1-5-12-8(9)11/h1-6H2. The summed E-state index contributed by atoms with van der Waals surface area (Å²) in [6, 6.07) is 0. The van der Waals surface area contributed by atoms with Gasteiger partial charge in [0.2, 0.25) is 0 Å². The lowest BCUT2D eigenvalue weighted by molar-refractivity contribution is -0.177. The molecule has 0 radical (unpaired) electrons. The molecule has 0 aromatic rings. The maximum Gasteiger partial charge on any atom is 0.315 e. The van der Waals surface area contributed by atoms with E-state index >= 15 is 0 Å². The number of carbonyl (C=O) groups excluding carboxylic acids is 2. The number of esters is 2. The van der Waals surface area contributed by atoms with Crippen LogP contribution in [0.5, 0.6) is 0 Å². The van der Waals surface area contributed by atoms with E-state index in [1.54, 1.807) is 0 Å². The highest BCUT2D eigenvalue weighted by atomic mass is 16.6. The third kappa shape index (κ3) is 1.41. The van der Waals surface area contributed by atoms with E-state index in [4.69, 9.17) is 9.47 Å². The third-order valence-corrected chi connectivity index (χ3v) is 2.78. The van der Waals surface area contributed by atoms with E-state index < -0.39 is 5.41 Å². The van der Waals surface area contributed by atoms with Crippen LogP contribution < -0.4 is 0 Å². The molecule has 2 aliphatic heterocycles. The quantitative estimate of drug-likeness (QED) is 0.518. The van der Waals surface area contributed by atoms with Gasteiger partial charge in [-0.25, -0.2) is 0 Å². The first-order valence-corrected chi connectivity index (χ1v) is 4.56. The largest absolute Gasteiger partial charge is 0.465 e. The summed E-state index contributed by atoms with van der Waals surface area (Å²) in [4.78, 5) is 22.3. The fourth-order valence-corrected chi connectivity index (χ4v) is 1.89. The highest BCUT2D eigenvalue weighted by Gasteiger charge is 2.45. The summed E-state index contributed by atoms with van der Waals surface area (Å²) in [6.45, 7) is 0.721. The van der Waals surface area contributed by atoms with Gasteiger partial charge in [-0.15, -0.1) is 0 Å². The topological polar surface area (TPSA) is 52.6 Å². The van der Waals surface area contributed by atoms with Gasteiger partial charge in [0, 0.05) is 6.42 Å².